The zero-order valence-electron chi connectivity index (χ0n) is 11.2. The molecule has 0 amide bonds. The van der Waals surface area contributed by atoms with Gasteiger partial charge in [0.2, 0.25) is 0 Å². The summed E-state index contributed by atoms with van der Waals surface area (Å²) >= 11 is 1.70. The van der Waals surface area contributed by atoms with E-state index in [-0.39, 0.29) is 0 Å². The summed E-state index contributed by atoms with van der Waals surface area (Å²) in [5.41, 5.74) is 6.51. The van der Waals surface area contributed by atoms with Crippen molar-refractivity contribution < 1.29 is 0 Å². The van der Waals surface area contributed by atoms with Crippen molar-refractivity contribution in [3.8, 4) is 0 Å². The van der Waals surface area contributed by atoms with Gasteiger partial charge in [0.05, 0.1) is 11.4 Å². The average Bonchev–Trinajstić information content (AvgIpc) is 2.36. The summed E-state index contributed by atoms with van der Waals surface area (Å²) in [5.74, 6) is 1.01. The van der Waals surface area contributed by atoms with E-state index in [9.17, 15) is 0 Å². The molecule has 4 nitrogen and oxygen atoms in total. The van der Waals surface area contributed by atoms with Gasteiger partial charge in [0.1, 0.15) is 0 Å². The number of allylic oxidation sites excluding steroid dienone is 3. The average molecular weight is 264 g/mol. The van der Waals surface area contributed by atoms with Crippen LogP contribution in [0.2, 0.25) is 0 Å². The molecule has 0 aromatic heterocycles. The minimum Gasteiger partial charge on any atom is -0.383 e. The fourth-order valence-corrected chi connectivity index (χ4v) is 2.50. The summed E-state index contributed by atoms with van der Waals surface area (Å²) in [6.07, 6.45) is 7.51. The highest BCUT2D eigenvalue weighted by atomic mass is 32.2. The van der Waals surface area contributed by atoms with Gasteiger partial charge in [-0.05, 0) is 42.9 Å². The van der Waals surface area contributed by atoms with Crippen LogP contribution in [0.25, 0.3) is 0 Å². The fraction of sp³-hybridized carbons (Fsp3) is 0.538. The number of fused-ring (bicyclic) bond motifs is 1. The van der Waals surface area contributed by atoms with Crippen molar-refractivity contribution in [3.05, 3.63) is 23.5 Å². The number of hydrazone groups is 1. The maximum atomic E-state index is 4.70. The van der Waals surface area contributed by atoms with Crippen molar-refractivity contribution in [1.29, 1.82) is 0 Å². The van der Waals surface area contributed by atoms with E-state index in [1.165, 1.54) is 5.57 Å². The number of rotatable bonds is 3. The predicted molar refractivity (Wildman–Crippen MR) is 79.8 cm³/mol. The van der Waals surface area contributed by atoms with Crippen LogP contribution in [0.4, 0.5) is 0 Å². The number of aliphatic imine (C=N–C) groups is 1. The van der Waals surface area contributed by atoms with Crippen LogP contribution in [0, 0.1) is 0 Å². The molecule has 0 bridgehead atoms. The Morgan fingerprint density at radius 3 is 2.94 bits per heavy atom. The molecule has 98 valence electrons. The highest BCUT2D eigenvalue weighted by Crippen LogP contribution is 2.27. The minimum atomic E-state index is 0.911. The van der Waals surface area contributed by atoms with Crippen molar-refractivity contribution in [2.45, 2.75) is 26.2 Å². The molecule has 0 unspecified atom stereocenters. The normalized spacial score (nSPS) is 19.3. The van der Waals surface area contributed by atoms with Gasteiger partial charge < -0.3 is 4.90 Å². The third-order valence-electron chi connectivity index (χ3n) is 2.79. The van der Waals surface area contributed by atoms with E-state index in [0.29, 0.717) is 0 Å². The molecule has 2 aliphatic rings. The fourth-order valence-electron chi connectivity index (χ4n) is 1.96. The van der Waals surface area contributed by atoms with Crippen LogP contribution in [0.5, 0.6) is 0 Å². The van der Waals surface area contributed by atoms with Crippen LogP contribution >= 0.6 is 11.8 Å². The Morgan fingerprint density at radius 2 is 2.22 bits per heavy atom. The summed E-state index contributed by atoms with van der Waals surface area (Å²) in [5, 5.41) is 5.35. The second kappa shape index (κ2) is 6.09. The third-order valence-corrected chi connectivity index (χ3v) is 3.54. The Bertz CT molecular complexity index is 432. The number of amidine groups is 1. The maximum Gasteiger partial charge on any atom is 0.182 e. The number of nitrogens with one attached hydrogen (secondary N) is 1. The van der Waals surface area contributed by atoms with E-state index in [2.05, 4.69) is 29.7 Å². The Hall–Kier alpha value is -1.23. The maximum absolute atomic E-state index is 4.70. The lowest BCUT2D eigenvalue weighted by Gasteiger charge is -2.22. The summed E-state index contributed by atoms with van der Waals surface area (Å²) in [6.45, 7) is 2.12. The van der Waals surface area contributed by atoms with Gasteiger partial charge in [0.25, 0.3) is 0 Å². The molecule has 0 atom stereocenters. The smallest absolute Gasteiger partial charge is 0.182 e. The predicted octanol–water partition coefficient (Wildman–Crippen LogP) is 2.57. The lowest BCUT2D eigenvalue weighted by Crippen LogP contribution is -2.25. The van der Waals surface area contributed by atoms with Crippen LogP contribution in [0.15, 0.2) is 33.6 Å². The lowest BCUT2D eigenvalue weighted by atomic mass is 9.94. The highest BCUT2D eigenvalue weighted by Gasteiger charge is 2.21. The Balaban J connectivity index is 2.28. The van der Waals surface area contributed by atoms with E-state index in [0.717, 1.165) is 41.6 Å². The monoisotopic (exact) mass is 264 g/mol. The van der Waals surface area contributed by atoms with Crippen molar-refractivity contribution in [3.63, 3.8) is 0 Å². The van der Waals surface area contributed by atoms with Gasteiger partial charge in [0, 0.05) is 14.1 Å². The van der Waals surface area contributed by atoms with Gasteiger partial charge in [-0.25, -0.2) is 4.99 Å². The zero-order chi connectivity index (χ0) is 13.0. The van der Waals surface area contributed by atoms with Crippen LogP contribution < -0.4 is 5.43 Å². The molecule has 1 heterocycles. The molecule has 5 heteroatoms. The molecule has 2 rings (SSSR count). The number of thioether (sulfide) groups is 1. The standard InChI is InChI=1S/C13H20N4S/c1-4-18-13-14-12-10(8-9-17(2)3)6-5-7-11(12)15-16-13/h8-9H,4-7H2,1-3H3,(H,14,16)/b9-8+. The van der Waals surface area contributed by atoms with E-state index in [1.54, 1.807) is 11.8 Å². The second-order valence-corrected chi connectivity index (χ2v) is 5.78. The largest absolute Gasteiger partial charge is 0.383 e. The van der Waals surface area contributed by atoms with Crippen molar-refractivity contribution in [2.75, 3.05) is 19.8 Å². The van der Waals surface area contributed by atoms with Gasteiger partial charge in [-0.3, -0.25) is 5.43 Å². The van der Waals surface area contributed by atoms with Gasteiger partial charge in [-0.15, -0.1) is 0 Å². The van der Waals surface area contributed by atoms with Crippen LogP contribution in [0.1, 0.15) is 26.2 Å². The van der Waals surface area contributed by atoms with E-state index in [1.807, 2.05) is 19.0 Å². The van der Waals surface area contributed by atoms with Crippen LogP contribution in [-0.4, -0.2) is 35.6 Å². The molecule has 1 aliphatic carbocycles. The first-order chi connectivity index (χ1) is 8.70. The van der Waals surface area contributed by atoms with Crippen LogP contribution in [-0.2, 0) is 0 Å². The Labute approximate surface area is 113 Å². The number of nitrogens with zero attached hydrogens (tertiary/aromatic N) is 3. The summed E-state index contributed by atoms with van der Waals surface area (Å²) in [7, 11) is 4.06. The second-order valence-electron chi connectivity index (χ2n) is 4.53. The third kappa shape index (κ3) is 3.16. The number of hydrogen-bond acceptors (Lipinski definition) is 5. The van der Waals surface area contributed by atoms with Gasteiger partial charge in [0.15, 0.2) is 5.17 Å². The van der Waals surface area contributed by atoms with Crippen molar-refractivity contribution >= 4 is 22.6 Å². The van der Waals surface area contributed by atoms with E-state index >= 15 is 0 Å². The summed E-state index contributed by atoms with van der Waals surface area (Å²) in [6, 6.07) is 0. The summed E-state index contributed by atoms with van der Waals surface area (Å²) < 4.78 is 0. The SMILES string of the molecule is CCSC1=NC2=C(/C=C/N(C)C)CCCC2=NN1. The molecule has 0 spiro atoms. The van der Waals surface area contributed by atoms with Crippen molar-refractivity contribution in [1.82, 2.24) is 10.3 Å². The van der Waals surface area contributed by atoms with Gasteiger partial charge in [-0.2, -0.15) is 5.10 Å². The zero-order valence-corrected chi connectivity index (χ0v) is 12.0. The lowest BCUT2D eigenvalue weighted by molar-refractivity contribution is 0.562. The molecule has 0 fully saturated rings. The first-order valence-corrected chi connectivity index (χ1v) is 7.31. The molecular weight excluding hydrogens is 244 g/mol. The molecule has 0 saturated carbocycles. The van der Waals surface area contributed by atoms with E-state index < -0.39 is 0 Å². The Kier molecular flexibility index (Phi) is 4.47. The first kappa shape index (κ1) is 13.2. The highest BCUT2D eigenvalue weighted by molar-refractivity contribution is 8.13. The molecule has 18 heavy (non-hydrogen) atoms. The van der Waals surface area contributed by atoms with Crippen LogP contribution in [0.3, 0.4) is 0 Å². The molecule has 0 radical (unpaired) electrons. The minimum absolute atomic E-state index is 0.911. The number of hydrogen-bond donors (Lipinski definition) is 1. The van der Waals surface area contributed by atoms with Gasteiger partial charge >= 0.3 is 0 Å². The quantitative estimate of drug-likeness (QED) is 0.851. The van der Waals surface area contributed by atoms with Crippen molar-refractivity contribution in [2.24, 2.45) is 10.1 Å². The topological polar surface area (TPSA) is 40.0 Å². The first-order valence-electron chi connectivity index (χ1n) is 6.33. The van der Waals surface area contributed by atoms with Gasteiger partial charge in [-0.1, -0.05) is 18.7 Å². The molecule has 0 aromatic carbocycles. The molecule has 0 aromatic rings. The molecule has 1 aliphatic heterocycles. The molecule has 1 N–H and O–H groups in total. The summed E-state index contributed by atoms with van der Waals surface area (Å²) in [4.78, 5) is 6.75. The molecule has 0 saturated heterocycles. The Morgan fingerprint density at radius 1 is 1.39 bits per heavy atom. The van der Waals surface area contributed by atoms with E-state index in [4.69, 9.17) is 4.99 Å². The molecular formula is C13H20N4S.